The van der Waals surface area contributed by atoms with Crippen molar-refractivity contribution in [1.29, 1.82) is 0 Å². The fourth-order valence-corrected chi connectivity index (χ4v) is 3.48. The van der Waals surface area contributed by atoms with Gasteiger partial charge >= 0.3 is 0 Å². The highest BCUT2D eigenvalue weighted by Crippen LogP contribution is 2.16. The Bertz CT molecular complexity index is 847. The zero-order chi connectivity index (χ0) is 19.2. The van der Waals surface area contributed by atoms with Crippen LogP contribution in [0.5, 0.6) is 0 Å². The molecule has 0 bridgehead atoms. The average molecular weight is 375 g/mol. The first-order chi connectivity index (χ1) is 12.3. The maximum absolute atomic E-state index is 12.6. The summed E-state index contributed by atoms with van der Waals surface area (Å²) in [6.07, 6.45) is 0.876. The van der Waals surface area contributed by atoms with Gasteiger partial charge in [0, 0.05) is 18.7 Å². The van der Waals surface area contributed by atoms with Gasteiger partial charge in [0.05, 0.1) is 4.90 Å². The maximum atomic E-state index is 12.6. The lowest BCUT2D eigenvalue weighted by atomic mass is 10.1. The molecule has 1 amide bonds. The molecule has 2 N–H and O–H groups in total. The highest BCUT2D eigenvalue weighted by molar-refractivity contribution is 7.89. The number of rotatable bonds is 8. The van der Waals surface area contributed by atoms with Gasteiger partial charge in [0.25, 0.3) is 5.91 Å². The SMILES string of the molecule is Cc1ccc(S(=O)(=O)NCc2ccccc2)cc1C(=O)NCCC(C)C. The molecular weight excluding hydrogens is 348 g/mol. The molecule has 0 fully saturated rings. The van der Waals surface area contributed by atoms with Crippen LogP contribution < -0.4 is 10.0 Å². The number of benzene rings is 2. The minimum absolute atomic E-state index is 0.0908. The fraction of sp³-hybridized carbons (Fsp3) is 0.350. The number of aryl methyl sites for hydroxylation is 1. The lowest BCUT2D eigenvalue weighted by Gasteiger charge is -2.12. The third-order valence-electron chi connectivity index (χ3n) is 4.08. The Labute approximate surface area is 155 Å². The minimum atomic E-state index is -3.70. The van der Waals surface area contributed by atoms with E-state index in [0.29, 0.717) is 18.0 Å². The van der Waals surface area contributed by atoms with Crippen LogP contribution in [0.2, 0.25) is 0 Å². The predicted molar refractivity (Wildman–Crippen MR) is 103 cm³/mol. The molecule has 0 saturated heterocycles. The zero-order valence-corrected chi connectivity index (χ0v) is 16.3. The molecule has 2 aromatic rings. The molecule has 0 aliphatic carbocycles. The summed E-state index contributed by atoms with van der Waals surface area (Å²) in [6, 6.07) is 13.9. The second-order valence-electron chi connectivity index (χ2n) is 6.73. The monoisotopic (exact) mass is 374 g/mol. The second-order valence-corrected chi connectivity index (χ2v) is 8.49. The summed E-state index contributed by atoms with van der Waals surface area (Å²) in [4.78, 5) is 12.5. The fourth-order valence-electron chi connectivity index (χ4n) is 2.44. The zero-order valence-electron chi connectivity index (χ0n) is 15.5. The first-order valence-corrected chi connectivity index (χ1v) is 10.2. The van der Waals surface area contributed by atoms with Gasteiger partial charge in [-0.15, -0.1) is 0 Å². The van der Waals surface area contributed by atoms with Gasteiger partial charge in [0.15, 0.2) is 0 Å². The Morgan fingerprint density at radius 1 is 1.08 bits per heavy atom. The van der Waals surface area contributed by atoms with Crippen LogP contribution in [0.3, 0.4) is 0 Å². The van der Waals surface area contributed by atoms with Gasteiger partial charge in [0.2, 0.25) is 10.0 Å². The maximum Gasteiger partial charge on any atom is 0.251 e. The molecule has 0 unspecified atom stereocenters. The van der Waals surface area contributed by atoms with Crippen molar-refractivity contribution in [3.8, 4) is 0 Å². The molecule has 0 aliphatic heterocycles. The van der Waals surface area contributed by atoms with E-state index in [9.17, 15) is 13.2 Å². The molecule has 2 aromatic carbocycles. The van der Waals surface area contributed by atoms with Gasteiger partial charge in [0.1, 0.15) is 0 Å². The topological polar surface area (TPSA) is 75.3 Å². The molecule has 0 saturated carbocycles. The molecule has 0 atom stereocenters. The first-order valence-electron chi connectivity index (χ1n) is 8.72. The summed E-state index contributed by atoms with van der Waals surface area (Å²) in [6.45, 7) is 6.74. The molecule has 2 rings (SSSR count). The Morgan fingerprint density at radius 3 is 2.42 bits per heavy atom. The number of sulfonamides is 1. The van der Waals surface area contributed by atoms with Crippen molar-refractivity contribution in [2.24, 2.45) is 5.92 Å². The summed E-state index contributed by atoms with van der Waals surface area (Å²) in [5, 5.41) is 2.85. The van der Waals surface area contributed by atoms with Crippen LogP contribution >= 0.6 is 0 Å². The van der Waals surface area contributed by atoms with Crippen molar-refractivity contribution in [1.82, 2.24) is 10.0 Å². The summed E-state index contributed by atoms with van der Waals surface area (Å²) in [5.74, 6) is 0.244. The quantitative estimate of drug-likeness (QED) is 0.745. The van der Waals surface area contributed by atoms with E-state index in [1.807, 2.05) is 30.3 Å². The third-order valence-corrected chi connectivity index (χ3v) is 5.48. The number of hydrogen-bond donors (Lipinski definition) is 2. The number of carbonyl (C=O) groups is 1. The van der Waals surface area contributed by atoms with Crippen LogP contribution in [0.1, 0.15) is 41.8 Å². The summed E-state index contributed by atoms with van der Waals surface area (Å²) < 4.78 is 27.7. The van der Waals surface area contributed by atoms with E-state index in [4.69, 9.17) is 0 Å². The van der Waals surface area contributed by atoms with Crippen LogP contribution in [0.15, 0.2) is 53.4 Å². The first kappa shape index (κ1) is 20.1. The molecule has 140 valence electrons. The molecule has 0 radical (unpaired) electrons. The van der Waals surface area contributed by atoms with Gasteiger partial charge in [-0.3, -0.25) is 4.79 Å². The van der Waals surface area contributed by atoms with Gasteiger partial charge in [-0.05, 0) is 42.5 Å². The molecular formula is C20H26N2O3S. The molecule has 6 heteroatoms. The van der Waals surface area contributed by atoms with Crippen LogP contribution in [0.4, 0.5) is 0 Å². The summed E-state index contributed by atoms with van der Waals surface area (Å²) in [7, 11) is -3.70. The van der Waals surface area contributed by atoms with E-state index in [-0.39, 0.29) is 17.3 Å². The van der Waals surface area contributed by atoms with Crippen LogP contribution in [-0.2, 0) is 16.6 Å². The number of carbonyl (C=O) groups excluding carboxylic acids is 1. The molecule has 0 heterocycles. The Morgan fingerprint density at radius 2 is 1.77 bits per heavy atom. The van der Waals surface area contributed by atoms with E-state index in [1.165, 1.54) is 12.1 Å². The normalized spacial score (nSPS) is 11.5. The van der Waals surface area contributed by atoms with E-state index in [2.05, 4.69) is 23.9 Å². The predicted octanol–water partition coefficient (Wildman–Crippen LogP) is 3.25. The Hall–Kier alpha value is -2.18. The van der Waals surface area contributed by atoms with E-state index >= 15 is 0 Å². The highest BCUT2D eigenvalue weighted by atomic mass is 32.2. The van der Waals surface area contributed by atoms with Gasteiger partial charge in [-0.2, -0.15) is 0 Å². The Kier molecular flexibility index (Phi) is 6.94. The number of nitrogens with one attached hydrogen (secondary N) is 2. The van der Waals surface area contributed by atoms with Crippen molar-refractivity contribution in [2.75, 3.05) is 6.54 Å². The van der Waals surface area contributed by atoms with Crippen molar-refractivity contribution >= 4 is 15.9 Å². The van der Waals surface area contributed by atoms with Crippen LogP contribution in [0.25, 0.3) is 0 Å². The smallest absolute Gasteiger partial charge is 0.251 e. The average Bonchev–Trinajstić information content (AvgIpc) is 2.60. The standard InChI is InChI=1S/C20H26N2O3S/c1-15(2)11-12-21-20(23)19-13-18(10-9-16(19)3)26(24,25)22-14-17-7-5-4-6-8-17/h4-10,13,15,22H,11-12,14H2,1-3H3,(H,21,23). The van der Waals surface area contributed by atoms with Gasteiger partial charge < -0.3 is 5.32 Å². The van der Waals surface area contributed by atoms with Crippen molar-refractivity contribution in [3.05, 3.63) is 65.2 Å². The van der Waals surface area contributed by atoms with Crippen molar-refractivity contribution in [2.45, 2.75) is 38.6 Å². The lowest BCUT2D eigenvalue weighted by molar-refractivity contribution is 0.0951. The van der Waals surface area contributed by atoms with E-state index < -0.39 is 10.0 Å². The molecule has 0 aromatic heterocycles. The molecule has 0 spiro atoms. The molecule has 26 heavy (non-hydrogen) atoms. The van der Waals surface area contributed by atoms with Crippen molar-refractivity contribution in [3.63, 3.8) is 0 Å². The molecule has 0 aliphatic rings. The van der Waals surface area contributed by atoms with Crippen molar-refractivity contribution < 1.29 is 13.2 Å². The number of amides is 1. The highest BCUT2D eigenvalue weighted by Gasteiger charge is 2.18. The largest absolute Gasteiger partial charge is 0.352 e. The van der Waals surface area contributed by atoms with E-state index in [1.54, 1.807) is 13.0 Å². The minimum Gasteiger partial charge on any atom is -0.352 e. The third kappa shape index (κ3) is 5.68. The lowest BCUT2D eigenvalue weighted by Crippen LogP contribution is -2.27. The summed E-state index contributed by atoms with van der Waals surface area (Å²) in [5.41, 5.74) is 2.00. The second kappa shape index (κ2) is 8.96. The molecule has 5 nitrogen and oxygen atoms in total. The Balaban J connectivity index is 2.12. The summed E-state index contributed by atoms with van der Waals surface area (Å²) >= 11 is 0. The number of hydrogen-bond acceptors (Lipinski definition) is 3. The van der Waals surface area contributed by atoms with Gasteiger partial charge in [-0.1, -0.05) is 50.2 Å². The van der Waals surface area contributed by atoms with Crippen LogP contribution in [-0.4, -0.2) is 20.9 Å². The van der Waals surface area contributed by atoms with Gasteiger partial charge in [-0.25, -0.2) is 13.1 Å². The van der Waals surface area contributed by atoms with Crippen LogP contribution in [0, 0.1) is 12.8 Å². The van der Waals surface area contributed by atoms with E-state index in [0.717, 1.165) is 17.5 Å².